The van der Waals surface area contributed by atoms with Gasteiger partial charge in [-0.1, -0.05) is 18.2 Å². The second kappa shape index (κ2) is 5.80. The molecule has 3 rings (SSSR count). The molecule has 22 heavy (non-hydrogen) atoms. The van der Waals surface area contributed by atoms with Crippen molar-refractivity contribution in [2.45, 2.75) is 32.4 Å². The number of para-hydroxylation sites is 1. The van der Waals surface area contributed by atoms with Gasteiger partial charge in [-0.3, -0.25) is 4.90 Å². The van der Waals surface area contributed by atoms with Crippen molar-refractivity contribution < 1.29 is 14.3 Å². The fraction of sp³-hybridized carbons (Fsp3) is 0.588. The van der Waals surface area contributed by atoms with E-state index in [0.29, 0.717) is 25.7 Å². The Morgan fingerprint density at radius 1 is 1.18 bits per heavy atom. The van der Waals surface area contributed by atoms with E-state index in [1.165, 1.54) is 5.56 Å². The minimum absolute atomic E-state index is 0.213. The third-order valence-electron chi connectivity index (χ3n) is 4.08. The SMILES string of the molecule is CC(C)(C)OC(=O)N1CCN(C2COc3ccccc32)CC1. The van der Waals surface area contributed by atoms with E-state index in [4.69, 9.17) is 9.47 Å². The molecule has 2 aliphatic heterocycles. The first-order valence-corrected chi connectivity index (χ1v) is 7.88. The van der Waals surface area contributed by atoms with Gasteiger partial charge in [0.1, 0.15) is 18.0 Å². The molecule has 2 heterocycles. The molecule has 1 unspecified atom stereocenters. The van der Waals surface area contributed by atoms with Crippen molar-refractivity contribution in [1.29, 1.82) is 0 Å². The lowest BCUT2D eigenvalue weighted by atomic mass is 10.1. The summed E-state index contributed by atoms with van der Waals surface area (Å²) in [4.78, 5) is 16.3. The largest absolute Gasteiger partial charge is 0.491 e. The summed E-state index contributed by atoms with van der Waals surface area (Å²) in [5, 5.41) is 0. The minimum Gasteiger partial charge on any atom is -0.491 e. The first-order chi connectivity index (χ1) is 10.4. The number of amides is 1. The Hall–Kier alpha value is -1.75. The summed E-state index contributed by atoms with van der Waals surface area (Å²) in [5.74, 6) is 0.988. The summed E-state index contributed by atoms with van der Waals surface area (Å²) >= 11 is 0. The van der Waals surface area contributed by atoms with Crippen molar-refractivity contribution in [3.8, 4) is 5.75 Å². The van der Waals surface area contributed by atoms with Gasteiger partial charge >= 0.3 is 6.09 Å². The van der Waals surface area contributed by atoms with E-state index in [2.05, 4.69) is 17.0 Å². The smallest absolute Gasteiger partial charge is 0.410 e. The highest BCUT2D eigenvalue weighted by atomic mass is 16.6. The van der Waals surface area contributed by atoms with E-state index >= 15 is 0 Å². The zero-order chi connectivity index (χ0) is 15.7. The lowest BCUT2D eigenvalue weighted by Gasteiger charge is -2.38. The van der Waals surface area contributed by atoms with Gasteiger partial charge in [0, 0.05) is 31.7 Å². The van der Waals surface area contributed by atoms with Crippen LogP contribution in [0.25, 0.3) is 0 Å². The molecule has 0 bridgehead atoms. The molecular formula is C17H24N2O3. The lowest BCUT2D eigenvalue weighted by molar-refractivity contribution is 0.00925. The van der Waals surface area contributed by atoms with Gasteiger partial charge in [-0.25, -0.2) is 4.79 Å². The monoisotopic (exact) mass is 304 g/mol. The Bertz CT molecular complexity index is 545. The highest BCUT2D eigenvalue weighted by Crippen LogP contribution is 2.36. The molecule has 0 aliphatic carbocycles. The van der Waals surface area contributed by atoms with E-state index in [1.54, 1.807) is 4.90 Å². The number of carbonyl (C=O) groups excluding carboxylic acids is 1. The van der Waals surface area contributed by atoms with E-state index in [0.717, 1.165) is 18.8 Å². The highest BCUT2D eigenvalue weighted by Gasteiger charge is 2.33. The Balaban J connectivity index is 1.58. The van der Waals surface area contributed by atoms with Gasteiger partial charge in [0.15, 0.2) is 0 Å². The zero-order valence-corrected chi connectivity index (χ0v) is 13.5. The number of piperazine rings is 1. The van der Waals surface area contributed by atoms with Crippen molar-refractivity contribution in [2.75, 3.05) is 32.8 Å². The molecule has 5 nitrogen and oxygen atoms in total. The van der Waals surface area contributed by atoms with Crippen molar-refractivity contribution in [1.82, 2.24) is 9.80 Å². The van der Waals surface area contributed by atoms with Crippen LogP contribution in [0.15, 0.2) is 24.3 Å². The number of fused-ring (bicyclic) bond motifs is 1. The van der Waals surface area contributed by atoms with Gasteiger partial charge in [-0.15, -0.1) is 0 Å². The molecule has 1 aromatic rings. The molecule has 5 heteroatoms. The predicted octanol–water partition coefficient (Wildman–Crippen LogP) is 2.67. The number of hydrogen-bond acceptors (Lipinski definition) is 4. The first kappa shape index (κ1) is 15.2. The van der Waals surface area contributed by atoms with E-state index in [1.807, 2.05) is 32.9 Å². The molecule has 1 atom stereocenters. The maximum absolute atomic E-state index is 12.1. The van der Waals surface area contributed by atoms with Crippen molar-refractivity contribution in [3.63, 3.8) is 0 Å². The van der Waals surface area contributed by atoms with E-state index in [9.17, 15) is 4.79 Å². The van der Waals surface area contributed by atoms with Crippen LogP contribution in [0.3, 0.4) is 0 Å². The summed E-state index contributed by atoms with van der Waals surface area (Å²) in [6.45, 7) is 9.49. The van der Waals surface area contributed by atoms with Crippen LogP contribution in [0.2, 0.25) is 0 Å². The van der Waals surface area contributed by atoms with E-state index < -0.39 is 5.60 Å². The Morgan fingerprint density at radius 2 is 1.86 bits per heavy atom. The predicted molar refractivity (Wildman–Crippen MR) is 84.1 cm³/mol. The molecule has 1 aromatic carbocycles. The number of rotatable bonds is 1. The van der Waals surface area contributed by atoms with Crippen molar-refractivity contribution in [3.05, 3.63) is 29.8 Å². The molecule has 1 amide bonds. The van der Waals surface area contributed by atoms with Crippen LogP contribution in [0.5, 0.6) is 5.75 Å². The summed E-state index contributed by atoms with van der Waals surface area (Å²) in [5.41, 5.74) is 0.820. The second-order valence-corrected chi connectivity index (χ2v) is 6.87. The number of nitrogens with zero attached hydrogens (tertiary/aromatic N) is 2. The fourth-order valence-electron chi connectivity index (χ4n) is 2.99. The molecule has 0 aromatic heterocycles. The van der Waals surface area contributed by atoms with Crippen LogP contribution in [0.1, 0.15) is 32.4 Å². The number of ether oxygens (including phenoxy) is 2. The minimum atomic E-state index is -0.438. The topological polar surface area (TPSA) is 42.0 Å². The van der Waals surface area contributed by atoms with E-state index in [-0.39, 0.29) is 6.09 Å². The molecule has 2 aliphatic rings. The lowest BCUT2D eigenvalue weighted by Crippen LogP contribution is -2.51. The summed E-state index contributed by atoms with van der Waals surface area (Å²) in [6, 6.07) is 8.51. The summed E-state index contributed by atoms with van der Waals surface area (Å²) in [7, 11) is 0. The molecule has 0 radical (unpaired) electrons. The van der Waals surface area contributed by atoms with Crippen molar-refractivity contribution in [2.24, 2.45) is 0 Å². The molecule has 0 saturated carbocycles. The van der Waals surface area contributed by atoms with Crippen LogP contribution in [0.4, 0.5) is 4.79 Å². The average Bonchev–Trinajstić information content (AvgIpc) is 2.89. The number of carbonyl (C=O) groups is 1. The molecule has 1 saturated heterocycles. The first-order valence-electron chi connectivity index (χ1n) is 7.88. The summed E-state index contributed by atoms with van der Waals surface area (Å²) in [6.07, 6.45) is -0.213. The zero-order valence-electron chi connectivity index (χ0n) is 13.5. The molecule has 0 N–H and O–H groups in total. The van der Waals surface area contributed by atoms with Gasteiger partial charge in [-0.2, -0.15) is 0 Å². The molecule has 1 fully saturated rings. The third kappa shape index (κ3) is 3.19. The molecular weight excluding hydrogens is 280 g/mol. The van der Waals surface area contributed by atoms with Gasteiger partial charge in [0.2, 0.25) is 0 Å². The number of hydrogen-bond donors (Lipinski definition) is 0. The Morgan fingerprint density at radius 3 is 2.55 bits per heavy atom. The average molecular weight is 304 g/mol. The fourth-order valence-corrected chi connectivity index (χ4v) is 2.99. The Labute approximate surface area is 131 Å². The maximum Gasteiger partial charge on any atom is 0.410 e. The Kier molecular flexibility index (Phi) is 4.00. The van der Waals surface area contributed by atoms with Gasteiger partial charge in [-0.05, 0) is 26.8 Å². The molecule has 0 spiro atoms. The normalized spacial score (nSPS) is 22.1. The van der Waals surface area contributed by atoms with Gasteiger partial charge in [0.05, 0.1) is 6.04 Å². The second-order valence-electron chi connectivity index (χ2n) is 6.87. The maximum atomic E-state index is 12.1. The van der Waals surface area contributed by atoms with Crippen LogP contribution in [0, 0.1) is 0 Å². The van der Waals surface area contributed by atoms with Gasteiger partial charge in [0.25, 0.3) is 0 Å². The third-order valence-corrected chi connectivity index (χ3v) is 4.08. The van der Waals surface area contributed by atoms with Crippen molar-refractivity contribution >= 4 is 6.09 Å². The highest BCUT2D eigenvalue weighted by molar-refractivity contribution is 5.68. The quantitative estimate of drug-likeness (QED) is 0.800. The van der Waals surface area contributed by atoms with Gasteiger partial charge < -0.3 is 14.4 Å². The molecule has 120 valence electrons. The van der Waals surface area contributed by atoms with Crippen LogP contribution >= 0.6 is 0 Å². The number of benzene rings is 1. The van der Waals surface area contributed by atoms with Crippen LogP contribution < -0.4 is 4.74 Å². The standard InChI is InChI=1S/C17H24N2O3/c1-17(2,3)22-16(20)19-10-8-18(9-11-19)14-12-21-15-7-5-4-6-13(14)15/h4-7,14H,8-12H2,1-3H3. The van der Waals surface area contributed by atoms with Crippen LogP contribution in [-0.2, 0) is 4.74 Å². The van der Waals surface area contributed by atoms with Crippen LogP contribution in [-0.4, -0.2) is 54.3 Å². The summed E-state index contributed by atoms with van der Waals surface area (Å²) < 4.78 is 11.2.